The van der Waals surface area contributed by atoms with Gasteiger partial charge in [0, 0.05) is 25.1 Å². The molecule has 2 aromatic carbocycles. The van der Waals surface area contributed by atoms with Gasteiger partial charge in [-0.1, -0.05) is 55.5 Å². The Morgan fingerprint density at radius 2 is 1.71 bits per heavy atom. The molecule has 0 unspecified atom stereocenters. The lowest BCUT2D eigenvalue weighted by Crippen LogP contribution is -2.41. The van der Waals surface area contributed by atoms with Gasteiger partial charge in [0.15, 0.2) is 11.2 Å². The lowest BCUT2D eigenvalue weighted by molar-refractivity contribution is -0.141. The van der Waals surface area contributed by atoms with Gasteiger partial charge in [-0.2, -0.15) is 5.21 Å². The first-order valence-electron chi connectivity index (χ1n) is 12.2. The first-order valence-corrected chi connectivity index (χ1v) is 12.2. The predicted molar refractivity (Wildman–Crippen MR) is 139 cm³/mol. The summed E-state index contributed by atoms with van der Waals surface area (Å²) in [5.41, 5.74) is 3.15. The second-order valence-corrected chi connectivity index (χ2v) is 8.61. The summed E-state index contributed by atoms with van der Waals surface area (Å²) in [5.74, 6) is 0.543. The standard InChI is InChI=1S/C26H26N8O4/c1-4-20-27-24-22(25(36)32(5-2)26(37)34(24)15-21(35)38-3)33(20)14-16-10-12-17(13-11-16)18-8-6-7-9-19(18)23-28-30-31-29-23/h6-13H,4-5,14-15H2,1-3H3,(H,28,29,30,31). The molecule has 0 aliphatic rings. The zero-order valence-electron chi connectivity index (χ0n) is 21.2. The molecule has 5 aromatic rings. The molecule has 0 bridgehead atoms. The van der Waals surface area contributed by atoms with Gasteiger partial charge in [0.1, 0.15) is 12.4 Å². The smallest absolute Gasteiger partial charge is 0.333 e. The van der Waals surface area contributed by atoms with Crippen LogP contribution in [0.5, 0.6) is 0 Å². The number of aromatic amines is 1. The maximum atomic E-state index is 13.4. The van der Waals surface area contributed by atoms with Crippen molar-refractivity contribution in [2.24, 2.45) is 0 Å². The van der Waals surface area contributed by atoms with Crippen LogP contribution in [0.25, 0.3) is 33.7 Å². The molecule has 0 atom stereocenters. The summed E-state index contributed by atoms with van der Waals surface area (Å²) < 4.78 is 8.91. The number of aryl methyl sites for hydroxylation is 1. The van der Waals surface area contributed by atoms with Crippen molar-refractivity contribution >= 4 is 17.1 Å². The van der Waals surface area contributed by atoms with E-state index in [9.17, 15) is 14.4 Å². The van der Waals surface area contributed by atoms with Crippen LogP contribution in [0.2, 0.25) is 0 Å². The third-order valence-electron chi connectivity index (χ3n) is 6.46. The molecule has 1 N–H and O–H groups in total. The van der Waals surface area contributed by atoms with E-state index < -0.39 is 17.2 Å². The highest BCUT2D eigenvalue weighted by molar-refractivity contribution is 5.80. The van der Waals surface area contributed by atoms with Crippen molar-refractivity contribution in [2.45, 2.75) is 39.9 Å². The number of nitrogens with one attached hydrogen (secondary N) is 1. The molecule has 0 spiro atoms. The summed E-state index contributed by atoms with van der Waals surface area (Å²) in [6.45, 7) is 3.83. The van der Waals surface area contributed by atoms with E-state index in [1.54, 1.807) is 6.92 Å². The van der Waals surface area contributed by atoms with Crippen LogP contribution in [0.15, 0.2) is 58.1 Å². The molecule has 5 rings (SSSR count). The highest BCUT2D eigenvalue weighted by atomic mass is 16.5. The topological polar surface area (TPSA) is 143 Å². The fourth-order valence-electron chi connectivity index (χ4n) is 4.57. The zero-order chi connectivity index (χ0) is 26.8. The summed E-state index contributed by atoms with van der Waals surface area (Å²) in [7, 11) is 1.25. The van der Waals surface area contributed by atoms with Crippen molar-refractivity contribution in [3.63, 3.8) is 0 Å². The predicted octanol–water partition coefficient (Wildman–Crippen LogP) is 2.01. The van der Waals surface area contributed by atoms with E-state index in [2.05, 4.69) is 25.6 Å². The fraction of sp³-hybridized carbons (Fsp3) is 0.269. The SMILES string of the molecule is CCc1nc2c(c(=O)n(CC)c(=O)n2CC(=O)OC)n1Cc1ccc(-c2ccccc2-c2nn[nH]n2)cc1. The van der Waals surface area contributed by atoms with Gasteiger partial charge < -0.3 is 9.30 Å². The zero-order valence-corrected chi connectivity index (χ0v) is 21.2. The second-order valence-electron chi connectivity index (χ2n) is 8.61. The maximum absolute atomic E-state index is 13.4. The second kappa shape index (κ2) is 10.2. The molecule has 12 nitrogen and oxygen atoms in total. The number of imidazole rings is 1. The van der Waals surface area contributed by atoms with Crippen molar-refractivity contribution in [3.8, 4) is 22.5 Å². The average molecular weight is 515 g/mol. The molecule has 38 heavy (non-hydrogen) atoms. The van der Waals surface area contributed by atoms with Crippen LogP contribution in [0.3, 0.4) is 0 Å². The third-order valence-corrected chi connectivity index (χ3v) is 6.46. The van der Waals surface area contributed by atoms with Crippen LogP contribution < -0.4 is 11.2 Å². The number of tetrazole rings is 1. The number of aromatic nitrogens is 8. The first-order chi connectivity index (χ1) is 18.5. The van der Waals surface area contributed by atoms with Crippen molar-refractivity contribution in [1.82, 2.24) is 39.3 Å². The molecule has 0 aliphatic carbocycles. The van der Waals surface area contributed by atoms with E-state index in [-0.39, 0.29) is 24.3 Å². The third kappa shape index (κ3) is 4.29. The van der Waals surface area contributed by atoms with Crippen molar-refractivity contribution in [1.29, 1.82) is 0 Å². The molecule has 12 heteroatoms. The van der Waals surface area contributed by atoms with Gasteiger partial charge in [-0.15, -0.1) is 10.2 Å². The molecule has 0 saturated heterocycles. The van der Waals surface area contributed by atoms with E-state index >= 15 is 0 Å². The van der Waals surface area contributed by atoms with Crippen LogP contribution >= 0.6 is 0 Å². The van der Waals surface area contributed by atoms with Crippen molar-refractivity contribution < 1.29 is 9.53 Å². The van der Waals surface area contributed by atoms with Crippen molar-refractivity contribution in [2.75, 3.05) is 7.11 Å². The van der Waals surface area contributed by atoms with Crippen LogP contribution in [-0.4, -0.2) is 52.4 Å². The van der Waals surface area contributed by atoms with E-state index in [0.29, 0.717) is 24.6 Å². The molecule has 0 aliphatic heterocycles. The number of hydrogen-bond donors (Lipinski definition) is 1. The van der Waals surface area contributed by atoms with E-state index in [1.165, 1.54) is 11.7 Å². The minimum atomic E-state index is -0.598. The van der Waals surface area contributed by atoms with Crippen LogP contribution in [-0.2, 0) is 35.6 Å². The number of benzene rings is 2. The normalized spacial score (nSPS) is 11.2. The quantitative estimate of drug-likeness (QED) is 0.310. The van der Waals surface area contributed by atoms with Crippen LogP contribution in [0.4, 0.5) is 0 Å². The summed E-state index contributed by atoms with van der Waals surface area (Å²) in [6.07, 6.45) is 0.531. The van der Waals surface area contributed by atoms with Gasteiger partial charge >= 0.3 is 11.7 Å². The Morgan fingerprint density at radius 1 is 0.974 bits per heavy atom. The minimum Gasteiger partial charge on any atom is -0.468 e. The number of rotatable bonds is 8. The largest absolute Gasteiger partial charge is 0.468 e. The molecule has 0 amide bonds. The molecule has 0 saturated carbocycles. The number of fused-ring (bicyclic) bond motifs is 1. The van der Waals surface area contributed by atoms with Crippen LogP contribution in [0, 0.1) is 0 Å². The van der Waals surface area contributed by atoms with E-state index in [0.717, 1.165) is 26.8 Å². The molecular weight excluding hydrogens is 488 g/mol. The Bertz CT molecular complexity index is 1730. The highest BCUT2D eigenvalue weighted by Crippen LogP contribution is 2.30. The number of methoxy groups -OCH3 is 1. The van der Waals surface area contributed by atoms with E-state index in [4.69, 9.17) is 4.74 Å². The van der Waals surface area contributed by atoms with Gasteiger partial charge in [-0.3, -0.25) is 18.7 Å². The molecule has 0 fully saturated rings. The summed E-state index contributed by atoms with van der Waals surface area (Å²) in [6, 6.07) is 15.8. The summed E-state index contributed by atoms with van der Waals surface area (Å²) in [4.78, 5) is 43.0. The van der Waals surface area contributed by atoms with Crippen molar-refractivity contribution in [3.05, 3.63) is 80.8 Å². The van der Waals surface area contributed by atoms with Gasteiger partial charge in [0.2, 0.25) is 5.82 Å². The molecule has 3 aromatic heterocycles. The fourth-order valence-corrected chi connectivity index (χ4v) is 4.57. The molecule has 3 heterocycles. The Balaban J connectivity index is 1.58. The van der Waals surface area contributed by atoms with Gasteiger partial charge in [0.25, 0.3) is 5.56 Å². The molecule has 194 valence electrons. The van der Waals surface area contributed by atoms with E-state index in [1.807, 2.05) is 60.0 Å². The maximum Gasteiger partial charge on any atom is 0.333 e. The Kier molecular flexibility index (Phi) is 6.69. The monoisotopic (exact) mass is 514 g/mol. The average Bonchev–Trinajstić information content (AvgIpc) is 3.60. The Labute approximate surface area is 216 Å². The summed E-state index contributed by atoms with van der Waals surface area (Å²) >= 11 is 0. The Hall–Kier alpha value is -4.87. The molecule has 0 radical (unpaired) electrons. The summed E-state index contributed by atoms with van der Waals surface area (Å²) in [5, 5.41) is 14.4. The Morgan fingerprint density at radius 3 is 2.34 bits per heavy atom. The number of nitrogens with zero attached hydrogens (tertiary/aromatic N) is 7. The number of ether oxygens (including phenoxy) is 1. The van der Waals surface area contributed by atoms with Gasteiger partial charge in [-0.05, 0) is 28.8 Å². The molecular formula is C26H26N8O4. The minimum absolute atomic E-state index is 0.163. The number of hydrogen-bond acceptors (Lipinski definition) is 8. The van der Waals surface area contributed by atoms with Gasteiger partial charge in [0.05, 0.1) is 7.11 Å². The number of carbonyl (C=O) groups is 1. The number of esters is 1. The van der Waals surface area contributed by atoms with Crippen LogP contribution in [0.1, 0.15) is 25.2 Å². The highest BCUT2D eigenvalue weighted by Gasteiger charge is 2.22. The number of H-pyrrole nitrogens is 1. The first kappa shape index (κ1) is 24.8. The van der Waals surface area contributed by atoms with Gasteiger partial charge in [-0.25, -0.2) is 9.78 Å². The number of carbonyl (C=O) groups excluding carboxylic acids is 1. The lowest BCUT2D eigenvalue weighted by Gasteiger charge is -2.12. The lowest BCUT2D eigenvalue weighted by atomic mass is 9.98.